The molecule has 0 heterocycles. The van der Waals surface area contributed by atoms with Crippen molar-refractivity contribution in [2.75, 3.05) is 19.5 Å². The number of hydrogen-bond donors (Lipinski definition) is 0. The number of hydrogen-bond acceptors (Lipinski definition) is 4. The molecule has 0 aromatic heterocycles. The minimum absolute atomic E-state index is 0.592. The van der Waals surface area contributed by atoms with Gasteiger partial charge in [0, 0.05) is 0 Å². The van der Waals surface area contributed by atoms with E-state index in [1.807, 2.05) is 36.0 Å². The van der Waals surface area contributed by atoms with Gasteiger partial charge in [0.1, 0.15) is 10.8 Å². The molecule has 0 aliphatic rings. The van der Waals surface area contributed by atoms with Crippen molar-refractivity contribution < 1.29 is 13.9 Å². The van der Waals surface area contributed by atoms with Crippen LogP contribution in [0, 0.1) is 0 Å². The fourth-order valence-electron chi connectivity index (χ4n) is 2.95. The third-order valence-electron chi connectivity index (χ3n) is 5.08. The van der Waals surface area contributed by atoms with Gasteiger partial charge in [-0.25, -0.2) is 0 Å². The van der Waals surface area contributed by atoms with E-state index in [0.717, 1.165) is 40.6 Å². The van der Waals surface area contributed by atoms with E-state index in [4.69, 9.17) is 13.9 Å². The van der Waals surface area contributed by atoms with Crippen molar-refractivity contribution in [3.63, 3.8) is 0 Å². The van der Waals surface area contributed by atoms with Crippen LogP contribution in [-0.4, -0.2) is 27.8 Å². The van der Waals surface area contributed by atoms with Crippen LogP contribution in [0.3, 0.4) is 0 Å². The Balaban J connectivity index is 2.43. The molecule has 5 heteroatoms. The third kappa shape index (κ3) is 8.89. The fourth-order valence-corrected chi connectivity index (χ4v) is 6.68. The Labute approximate surface area is 177 Å². The lowest BCUT2D eigenvalue weighted by Gasteiger charge is -2.30. The molecule has 3 nitrogen and oxygen atoms in total. The van der Waals surface area contributed by atoms with E-state index in [1.54, 1.807) is 7.11 Å². The topological polar surface area (TPSA) is 27.7 Å². The summed E-state index contributed by atoms with van der Waals surface area (Å²) in [5.74, 6) is 1.91. The predicted molar refractivity (Wildman–Crippen MR) is 126 cm³/mol. The van der Waals surface area contributed by atoms with Gasteiger partial charge in [-0.2, -0.15) is 0 Å². The van der Waals surface area contributed by atoms with Crippen LogP contribution in [0.2, 0.25) is 18.1 Å². The summed E-state index contributed by atoms with van der Waals surface area (Å²) in [4.78, 5) is 0. The zero-order valence-corrected chi connectivity index (χ0v) is 20.2. The van der Waals surface area contributed by atoms with E-state index in [2.05, 4.69) is 40.3 Å². The van der Waals surface area contributed by atoms with E-state index in [0.29, 0.717) is 13.2 Å². The zero-order chi connectivity index (χ0) is 20.8. The SMILES string of the molecule is C=C(CC/C=C(\O[Si](CC)(CC)CC)SCC)COCc1ccc(OC)cc1. The molecule has 1 aromatic carbocycles. The maximum Gasteiger partial charge on any atom is 0.251 e. The van der Waals surface area contributed by atoms with Crippen molar-refractivity contribution in [2.24, 2.45) is 0 Å². The molecule has 0 bridgehead atoms. The summed E-state index contributed by atoms with van der Waals surface area (Å²) in [6.07, 6.45) is 4.14. The second-order valence-electron chi connectivity index (χ2n) is 6.93. The maximum absolute atomic E-state index is 6.56. The third-order valence-corrected chi connectivity index (χ3v) is 10.6. The van der Waals surface area contributed by atoms with Gasteiger partial charge in [-0.05, 0) is 60.5 Å². The Bertz CT molecular complexity index is 586. The number of rotatable bonds is 15. The molecule has 0 spiro atoms. The highest BCUT2D eigenvalue weighted by atomic mass is 32.2. The summed E-state index contributed by atoms with van der Waals surface area (Å²) in [7, 11) is 0.0695. The van der Waals surface area contributed by atoms with Crippen molar-refractivity contribution >= 4 is 20.1 Å². The smallest absolute Gasteiger partial charge is 0.251 e. The van der Waals surface area contributed by atoms with Crippen molar-refractivity contribution in [3.8, 4) is 5.75 Å². The van der Waals surface area contributed by atoms with Crippen molar-refractivity contribution in [1.29, 1.82) is 0 Å². The molecular formula is C23H38O3SSi. The van der Waals surface area contributed by atoms with Gasteiger partial charge in [0.25, 0.3) is 8.32 Å². The molecule has 0 N–H and O–H groups in total. The van der Waals surface area contributed by atoms with E-state index in [1.165, 1.54) is 18.1 Å². The summed E-state index contributed by atoms with van der Waals surface area (Å²) in [6.45, 7) is 14.4. The summed E-state index contributed by atoms with van der Waals surface area (Å²) < 4.78 is 17.5. The number of benzene rings is 1. The van der Waals surface area contributed by atoms with Crippen molar-refractivity contribution in [2.45, 2.75) is 65.3 Å². The molecule has 1 aromatic rings. The first-order valence-electron chi connectivity index (χ1n) is 10.4. The number of thioether (sulfide) groups is 1. The normalized spacial score (nSPS) is 12.1. The number of allylic oxidation sites excluding steroid dienone is 1. The molecule has 0 fully saturated rings. The molecule has 158 valence electrons. The van der Waals surface area contributed by atoms with Gasteiger partial charge in [-0.1, -0.05) is 63.7 Å². The first kappa shape index (κ1) is 24.9. The Morgan fingerprint density at radius 1 is 1.07 bits per heavy atom. The maximum atomic E-state index is 6.56. The lowest BCUT2D eigenvalue weighted by Crippen LogP contribution is -2.35. The minimum Gasteiger partial charge on any atom is -0.539 e. The molecule has 0 radical (unpaired) electrons. The minimum atomic E-state index is -1.61. The van der Waals surface area contributed by atoms with E-state index in [-0.39, 0.29) is 0 Å². The van der Waals surface area contributed by atoms with E-state index >= 15 is 0 Å². The Morgan fingerprint density at radius 3 is 2.25 bits per heavy atom. The quantitative estimate of drug-likeness (QED) is 0.170. The van der Waals surface area contributed by atoms with E-state index in [9.17, 15) is 0 Å². The van der Waals surface area contributed by atoms with Crippen molar-refractivity contribution in [3.05, 3.63) is 53.1 Å². The molecule has 0 saturated heterocycles. The van der Waals surface area contributed by atoms with Gasteiger partial charge in [0.2, 0.25) is 0 Å². The van der Waals surface area contributed by atoms with Crippen LogP contribution < -0.4 is 4.74 Å². The molecule has 1 rings (SSSR count). The van der Waals surface area contributed by atoms with Crippen LogP contribution in [0.25, 0.3) is 0 Å². The van der Waals surface area contributed by atoms with Crippen LogP contribution >= 0.6 is 11.8 Å². The first-order valence-corrected chi connectivity index (χ1v) is 13.9. The van der Waals surface area contributed by atoms with Gasteiger partial charge >= 0.3 is 0 Å². The molecule has 0 atom stereocenters. The van der Waals surface area contributed by atoms with Gasteiger partial charge < -0.3 is 13.9 Å². The number of methoxy groups -OCH3 is 1. The Hall–Kier alpha value is -1.17. The molecule has 0 aliphatic heterocycles. The average molecular weight is 423 g/mol. The van der Waals surface area contributed by atoms with Crippen LogP contribution in [0.15, 0.2) is 47.6 Å². The highest BCUT2D eigenvalue weighted by molar-refractivity contribution is 8.02. The molecule has 0 aliphatic carbocycles. The highest BCUT2D eigenvalue weighted by Crippen LogP contribution is 2.30. The predicted octanol–water partition coefficient (Wildman–Crippen LogP) is 7.16. The van der Waals surface area contributed by atoms with E-state index < -0.39 is 8.32 Å². The monoisotopic (exact) mass is 422 g/mol. The Morgan fingerprint density at radius 2 is 1.71 bits per heavy atom. The van der Waals surface area contributed by atoms with Crippen LogP contribution in [-0.2, 0) is 15.8 Å². The van der Waals surface area contributed by atoms with Gasteiger partial charge in [0.15, 0.2) is 0 Å². The van der Waals surface area contributed by atoms with Crippen LogP contribution in [0.1, 0.15) is 46.1 Å². The van der Waals surface area contributed by atoms with Gasteiger partial charge in [-0.3, -0.25) is 0 Å². The number of ether oxygens (including phenoxy) is 2. The molecule has 0 amide bonds. The molecule has 0 saturated carbocycles. The summed E-state index contributed by atoms with van der Waals surface area (Å²) >= 11 is 1.82. The second kappa shape index (κ2) is 13.9. The molecular weight excluding hydrogens is 384 g/mol. The lowest BCUT2D eigenvalue weighted by molar-refractivity contribution is 0.141. The summed E-state index contributed by atoms with van der Waals surface area (Å²) in [5.41, 5.74) is 2.26. The molecule has 28 heavy (non-hydrogen) atoms. The standard InChI is InChI=1S/C23H38O3SSi/c1-7-27-23(26-28(8-2,9-3)10-4)13-11-12-20(5)18-25-19-21-14-16-22(24-6)17-15-21/h13-17H,5,7-12,18-19H2,1-4,6H3/b23-13+. The van der Waals surface area contributed by atoms with Crippen molar-refractivity contribution in [1.82, 2.24) is 0 Å². The van der Waals surface area contributed by atoms with Gasteiger partial charge in [0.05, 0.1) is 20.3 Å². The molecule has 0 unspecified atom stereocenters. The first-order chi connectivity index (χ1) is 13.5. The average Bonchev–Trinajstić information content (AvgIpc) is 2.72. The van der Waals surface area contributed by atoms with Crippen LogP contribution in [0.5, 0.6) is 5.75 Å². The lowest BCUT2D eigenvalue weighted by atomic mass is 10.2. The highest BCUT2D eigenvalue weighted by Gasteiger charge is 2.31. The summed E-state index contributed by atoms with van der Waals surface area (Å²) in [6, 6.07) is 11.5. The fraction of sp³-hybridized carbons (Fsp3) is 0.565. The van der Waals surface area contributed by atoms with Gasteiger partial charge in [-0.15, -0.1) is 0 Å². The summed E-state index contributed by atoms with van der Waals surface area (Å²) in [5, 5.41) is 1.12. The Kier molecular flexibility index (Phi) is 12.4. The van der Waals surface area contributed by atoms with Crippen LogP contribution in [0.4, 0.5) is 0 Å². The largest absolute Gasteiger partial charge is 0.539 e. The zero-order valence-electron chi connectivity index (χ0n) is 18.4. The second-order valence-corrected chi connectivity index (χ2v) is 12.9.